The number of rotatable bonds is 7. The first-order valence-electron chi connectivity index (χ1n) is 8.76. The number of hydrogen-bond acceptors (Lipinski definition) is 6. The van der Waals surface area contributed by atoms with Crippen LogP contribution in [0.4, 0.5) is 0 Å². The first-order valence-corrected chi connectivity index (χ1v) is 9.74. The second-order valence-electron chi connectivity index (χ2n) is 6.64. The number of hydrogen-bond donors (Lipinski definition) is 1. The van der Waals surface area contributed by atoms with E-state index in [0.29, 0.717) is 17.5 Å². The van der Waals surface area contributed by atoms with Crippen LogP contribution >= 0.6 is 11.8 Å². The maximum absolute atomic E-state index is 12.3. The SMILES string of the molecule is Cc1cc(C)n2c(SCC(=O)NC[C@H](c3ccccc3)N(C)C)nnc2n1. The Kier molecular flexibility index (Phi) is 6.08. The number of thioether (sulfide) groups is 1. The predicted molar refractivity (Wildman–Crippen MR) is 107 cm³/mol. The number of aryl methyl sites for hydroxylation is 2. The second kappa shape index (κ2) is 8.49. The lowest BCUT2D eigenvalue weighted by Crippen LogP contribution is -2.35. The predicted octanol–water partition coefficient (Wildman–Crippen LogP) is 2.25. The summed E-state index contributed by atoms with van der Waals surface area (Å²) in [5.41, 5.74) is 3.08. The van der Waals surface area contributed by atoms with Crippen LogP contribution in [0.25, 0.3) is 5.78 Å². The lowest BCUT2D eigenvalue weighted by molar-refractivity contribution is -0.118. The average Bonchev–Trinajstić information content (AvgIpc) is 3.04. The molecule has 0 unspecified atom stereocenters. The monoisotopic (exact) mass is 384 g/mol. The van der Waals surface area contributed by atoms with Crippen molar-refractivity contribution in [3.63, 3.8) is 0 Å². The van der Waals surface area contributed by atoms with Gasteiger partial charge in [-0.1, -0.05) is 42.1 Å². The van der Waals surface area contributed by atoms with Gasteiger partial charge in [-0.25, -0.2) is 4.98 Å². The van der Waals surface area contributed by atoms with E-state index in [4.69, 9.17) is 0 Å². The van der Waals surface area contributed by atoms with Crippen LogP contribution in [0.2, 0.25) is 0 Å². The van der Waals surface area contributed by atoms with Crippen molar-refractivity contribution in [3.8, 4) is 0 Å². The molecule has 1 N–H and O–H groups in total. The molecule has 2 heterocycles. The molecule has 3 aromatic rings. The Bertz CT molecular complexity index is 925. The maximum Gasteiger partial charge on any atom is 0.256 e. The molecule has 0 radical (unpaired) electrons. The van der Waals surface area contributed by atoms with Crippen LogP contribution in [-0.2, 0) is 4.79 Å². The highest BCUT2D eigenvalue weighted by atomic mass is 32.2. The fourth-order valence-electron chi connectivity index (χ4n) is 2.96. The van der Waals surface area contributed by atoms with Gasteiger partial charge in [-0.05, 0) is 39.6 Å². The van der Waals surface area contributed by atoms with Crippen LogP contribution in [0.5, 0.6) is 0 Å². The summed E-state index contributed by atoms with van der Waals surface area (Å²) >= 11 is 1.36. The minimum absolute atomic E-state index is 0.0303. The minimum atomic E-state index is -0.0303. The van der Waals surface area contributed by atoms with Crippen molar-refractivity contribution < 1.29 is 4.79 Å². The molecule has 0 fully saturated rings. The fraction of sp³-hybridized carbons (Fsp3) is 0.368. The highest BCUT2D eigenvalue weighted by Gasteiger charge is 2.16. The van der Waals surface area contributed by atoms with Crippen molar-refractivity contribution in [1.29, 1.82) is 0 Å². The number of carbonyl (C=O) groups excluding carboxylic acids is 1. The first kappa shape index (κ1) is 19.3. The van der Waals surface area contributed by atoms with Crippen LogP contribution in [-0.4, -0.2) is 56.8 Å². The highest BCUT2D eigenvalue weighted by molar-refractivity contribution is 7.99. The maximum atomic E-state index is 12.3. The third-order valence-electron chi connectivity index (χ3n) is 4.30. The van der Waals surface area contributed by atoms with E-state index < -0.39 is 0 Å². The highest BCUT2D eigenvalue weighted by Crippen LogP contribution is 2.19. The molecule has 0 aliphatic heterocycles. The standard InChI is InChI=1S/C19H24N6OS/c1-13-10-14(2)25-18(21-13)22-23-19(25)27-12-17(26)20-11-16(24(3)4)15-8-6-5-7-9-15/h5-10,16H,11-12H2,1-4H3,(H,20,26)/t16-/m1/s1. The molecular weight excluding hydrogens is 360 g/mol. The Labute approximate surface area is 163 Å². The number of nitrogens with one attached hydrogen (secondary N) is 1. The molecule has 0 aliphatic rings. The zero-order valence-corrected chi connectivity index (χ0v) is 16.8. The minimum Gasteiger partial charge on any atom is -0.353 e. The number of likely N-dealkylation sites (N-methyl/N-ethyl adjacent to an activating group) is 1. The van der Waals surface area contributed by atoms with E-state index in [0.717, 1.165) is 11.4 Å². The smallest absolute Gasteiger partial charge is 0.256 e. The van der Waals surface area contributed by atoms with Crippen molar-refractivity contribution in [3.05, 3.63) is 53.3 Å². The Balaban J connectivity index is 1.60. The number of benzene rings is 1. The molecule has 0 saturated heterocycles. The van der Waals surface area contributed by atoms with Gasteiger partial charge < -0.3 is 10.2 Å². The molecule has 3 rings (SSSR count). The van der Waals surface area contributed by atoms with Gasteiger partial charge in [0.15, 0.2) is 5.16 Å². The summed E-state index contributed by atoms with van der Waals surface area (Å²) in [7, 11) is 4.03. The molecule has 2 aromatic heterocycles. The fourth-order valence-corrected chi connectivity index (χ4v) is 3.77. The van der Waals surface area contributed by atoms with E-state index in [9.17, 15) is 4.79 Å². The van der Waals surface area contributed by atoms with E-state index in [1.165, 1.54) is 17.3 Å². The van der Waals surface area contributed by atoms with Crippen LogP contribution in [0.15, 0.2) is 41.6 Å². The van der Waals surface area contributed by atoms with Gasteiger partial charge in [-0.15, -0.1) is 10.2 Å². The molecule has 7 nitrogen and oxygen atoms in total. The van der Waals surface area contributed by atoms with Crippen LogP contribution in [0.3, 0.4) is 0 Å². The van der Waals surface area contributed by atoms with Gasteiger partial charge >= 0.3 is 0 Å². The molecular formula is C19H24N6OS. The van der Waals surface area contributed by atoms with Crippen molar-refractivity contribution >= 4 is 23.4 Å². The average molecular weight is 385 g/mol. The summed E-state index contributed by atoms with van der Waals surface area (Å²) in [5.74, 6) is 0.813. The Morgan fingerprint density at radius 3 is 2.67 bits per heavy atom. The molecule has 27 heavy (non-hydrogen) atoms. The molecule has 0 spiro atoms. The zero-order chi connectivity index (χ0) is 19.4. The molecule has 1 atom stereocenters. The number of fused-ring (bicyclic) bond motifs is 1. The topological polar surface area (TPSA) is 75.4 Å². The van der Waals surface area contributed by atoms with E-state index >= 15 is 0 Å². The summed E-state index contributed by atoms with van der Waals surface area (Å²) in [6.07, 6.45) is 0. The lowest BCUT2D eigenvalue weighted by atomic mass is 10.1. The number of nitrogens with zero attached hydrogens (tertiary/aromatic N) is 5. The lowest BCUT2D eigenvalue weighted by Gasteiger charge is -2.25. The van der Waals surface area contributed by atoms with Crippen LogP contribution < -0.4 is 5.32 Å². The molecule has 1 amide bonds. The molecule has 0 saturated carbocycles. The second-order valence-corrected chi connectivity index (χ2v) is 7.58. The van der Waals surface area contributed by atoms with E-state index in [1.54, 1.807) is 0 Å². The van der Waals surface area contributed by atoms with Crippen LogP contribution in [0.1, 0.15) is 23.0 Å². The zero-order valence-electron chi connectivity index (χ0n) is 16.0. The van der Waals surface area contributed by atoms with Crippen LogP contribution in [0, 0.1) is 13.8 Å². The van der Waals surface area contributed by atoms with Gasteiger partial charge in [0.2, 0.25) is 5.91 Å². The van der Waals surface area contributed by atoms with Gasteiger partial charge in [0.1, 0.15) is 0 Å². The largest absolute Gasteiger partial charge is 0.353 e. The summed E-state index contributed by atoms with van der Waals surface area (Å²) in [6, 6.07) is 12.3. The molecule has 1 aromatic carbocycles. The van der Waals surface area contributed by atoms with E-state index in [2.05, 4.69) is 37.5 Å². The summed E-state index contributed by atoms with van der Waals surface area (Å²) in [6.45, 7) is 4.46. The quantitative estimate of drug-likeness (QED) is 0.630. The Morgan fingerprint density at radius 2 is 1.96 bits per heavy atom. The molecule has 0 bridgehead atoms. The van der Waals surface area contributed by atoms with Crippen molar-refractivity contribution in [2.24, 2.45) is 0 Å². The van der Waals surface area contributed by atoms with Gasteiger partial charge in [-0.2, -0.15) is 0 Å². The molecule has 8 heteroatoms. The molecule has 0 aliphatic carbocycles. The number of amides is 1. The van der Waals surface area contributed by atoms with Crippen molar-refractivity contribution in [1.82, 2.24) is 29.8 Å². The third-order valence-corrected chi connectivity index (χ3v) is 5.22. The van der Waals surface area contributed by atoms with E-state index in [1.807, 2.05) is 56.6 Å². The van der Waals surface area contributed by atoms with Crippen molar-refractivity contribution in [2.45, 2.75) is 25.0 Å². The number of aromatic nitrogens is 4. The van der Waals surface area contributed by atoms with E-state index in [-0.39, 0.29) is 17.7 Å². The first-order chi connectivity index (χ1) is 13.0. The Morgan fingerprint density at radius 1 is 1.22 bits per heavy atom. The van der Waals surface area contributed by atoms with Gasteiger partial charge in [0.05, 0.1) is 11.8 Å². The molecule has 142 valence electrons. The van der Waals surface area contributed by atoms with Gasteiger partial charge in [-0.3, -0.25) is 9.20 Å². The summed E-state index contributed by atoms with van der Waals surface area (Å²) < 4.78 is 1.87. The summed E-state index contributed by atoms with van der Waals surface area (Å²) in [4.78, 5) is 18.8. The van der Waals surface area contributed by atoms with Gasteiger partial charge in [0.25, 0.3) is 5.78 Å². The number of carbonyl (C=O) groups is 1. The van der Waals surface area contributed by atoms with Gasteiger partial charge in [0, 0.05) is 17.9 Å². The third kappa shape index (κ3) is 4.64. The van der Waals surface area contributed by atoms with Crippen molar-refractivity contribution in [2.75, 3.05) is 26.4 Å². The Hall–Kier alpha value is -2.45. The normalized spacial score (nSPS) is 12.5. The summed E-state index contributed by atoms with van der Waals surface area (Å²) in [5, 5.41) is 12.0.